The summed E-state index contributed by atoms with van der Waals surface area (Å²) in [5, 5.41) is 9.04. The van der Waals surface area contributed by atoms with Crippen molar-refractivity contribution in [2.45, 2.75) is 0 Å². The first kappa shape index (κ1) is 15.2. The van der Waals surface area contributed by atoms with Gasteiger partial charge in [0, 0.05) is 24.7 Å². The summed E-state index contributed by atoms with van der Waals surface area (Å²) in [6.07, 6.45) is 6.52. The Labute approximate surface area is 147 Å². The molecule has 4 heterocycles. The molecule has 7 nitrogen and oxygen atoms in total. The van der Waals surface area contributed by atoms with Crippen molar-refractivity contribution in [3.63, 3.8) is 0 Å². The first-order valence-electron chi connectivity index (χ1n) is 7.40. The fourth-order valence-electron chi connectivity index (χ4n) is 2.41. The van der Waals surface area contributed by atoms with Crippen LogP contribution in [0, 0.1) is 0 Å². The van der Waals surface area contributed by atoms with E-state index in [-0.39, 0.29) is 11.1 Å². The predicted molar refractivity (Wildman–Crippen MR) is 93.0 cm³/mol. The Bertz CT molecular complexity index is 1090. The molecule has 0 aliphatic heterocycles. The van der Waals surface area contributed by atoms with Gasteiger partial charge in [-0.05, 0) is 30.3 Å². The summed E-state index contributed by atoms with van der Waals surface area (Å²) in [5.41, 5.74) is 1.37. The highest BCUT2D eigenvalue weighted by Gasteiger charge is 2.14. The zero-order valence-electron chi connectivity index (χ0n) is 12.8. The van der Waals surface area contributed by atoms with Gasteiger partial charge in [0.25, 0.3) is 0 Å². The van der Waals surface area contributed by atoms with Crippen LogP contribution in [0.15, 0.2) is 72.0 Å². The van der Waals surface area contributed by atoms with Crippen LogP contribution in [0.1, 0.15) is 0 Å². The van der Waals surface area contributed by atoms with Gasteiger partial charge in [-0.3, -0.25) is 9.78 Å². The molecular formula is C17H11ClN6O. The third kappa shape index (κ3) is 2.92. The molecule has 4 aromatic heterocycles. The summed E-state index contributed by atoms with van der Waals surface area (Å²) in [7, 11) is 0. The molecule has 0 N–H and O–H groups in total. The highest BCUT2D eigenvalue weighted by molar-refractivity contribution is 6.29. The van der Waals surface area contributed by atoms with Gasteiger partial charge in [-0.15, -0.1) is 0 Å². The smallest absolute Gasteiger partial charge is 0.209 e. The molecule has 0 saturated carbocycles. The lowest BCUT2D eigenvalue weighted by molar-refractivity contribution is 0.812. The lowest BCUT2D eigenvalue weighted by atomic mass is 10.2. The van der Waals surface area contributed by atoms with Crippen LogP contribution in [0.25, 0.3) is 22.9 Å². The van der Waals surface area contributed by atoms with Gasteiger partial charge in [-0.25, -0.2) is 14.3 Å². The van der Waals surface area contributed by atoms with E-state index in [1.54, 1.807) is 65.9 Å². The monoisotopic (exact) mass is 350 g/mol. The number of rotatable bonds is 3. The molecule has 0 saturated heterocycles. The third-order valence-electron chi connectivity index (χ3n) is 3.54. The summed E-state index contributed by atoms with van der Waals surface area (Å²) in [5.74, 6) is 0.507. The fourth-order valence-corrected chi connectivity index (χ4v) is 2.57. The fraction of sp³-hybridized carbons (Fsp3) is 0. The summed E-state index contributed by atoms with van der Waals surface area (Å²) < 4.78 is 3.15. The molecule has 0 fully saturated rings. The van der Waals surface area contributed by atoms with E-state index in [9.17, 15) is 4.79 Å². The molecule has 4 rings (SSSR count). The van der Waals surface area contributed by atoms with Gasteiger partial charge in [0.15, 0.2) is 11.5 Å². The SMILES string of the molecule is O=c1ccn(-c2ccncc2)nc1-c1ccnn1-c1cccc(Cl)n1. The van der Waals surface area contributed by atoms with Crippen LogP contribution in [0.2, 0.25) is 5.15 Å². The Morgan fingerprint density at radius 1 is 0.960 bits per heavy atom. The molecule has 0 aliphatic rings. The van der Waals surface area contributed by atoms with E-state index in [0.717, 1.165) is 5.69 Å². The minimum atomic E-state index is -0.214. The van der Waals surface area contributed by atoms with E-state index >= 15 is 0 Å². The predicted octanol–water partition coefficient (Wildman–Crippen LogP) is 2.53. The minimum absolute atomic E-state index is 0.214. The third-order valence-corrected chi connectivity index (χ3v) is 3.75. The molecule has 0 atom stereocenters. The second-order valence-electron chi connectivity index (χ2n) is 5.13. The van der Waals surface area contributed by atoms with E-state index < -0.39 is 0 Å². The van der Waals surface area contributed by atoms with Gasteiger partial charge in [0.05, 0.1) is 11.9 Å². The molecule has 0 unspecified atom stereocenters. The Hall–Kier alpha value is -3.32. The van der Waals surface area contributed by atoms with Crippen LogP contribution in [-0.2, 0) is 0 Å². The van der Waals surface area contributed by atoms with Crippen molar-refractivity contribution in [1.82, 2.24) is 29.5 Å². The number of hydrogen-bond acceptors (Lipinski definition) is 5. The quantitative estimate of drug-likeness (QED) is 0.530. The topological polar surface area (TPSA) is 78.5 Å². The van der Waals surface area contributed by atoms with Gasteiger partial charge < -0.3 is 0 Å². The van der Waals surface area contributed by atoms with Crippen LogP contribution in [0.5, 0.6) is 0 Å². The zero-order valence-corrected chi connectivity index (χ0v) is 13.6. The van der Waals surface area contributed by atoms with Crippen molar-refractivity contribution in [1.29, 1.82) is 0 Å². The number of halogens is 1. The van der Waals surface area contributed by atoms with Gasteiger partial charge in [0.1, 0.15) is 10.8 Å². The molecule has 122 valence electrons. The van der Waals surface area contributed by atoms with Crippen molar-refractivity contribution < 1.29 is 0 Å². The Kier molecular flexibility index (Phi) is 3.83. The molecule has 0 radical (unpaired) electrons. The van der Waals surface area contributed by atoms with E-state index in [1.807, 2.05) is 0 Å². The lowest BCUT2D eigenvalue weighted by Crippen LogP contribution is -2.15. The highest BCUT2D eigenvalue weighted by Crippen LogP contribution is 2.18. The molecule has 0 spiro atoms. The van der Waals surface area contributed by atoms with Crippen molar-refractivity contribution in [3.05, 3.63) is 82.6 Å². The van der Waals surface area contributed by atoms with E-state index in [1.165, 1.54) is 10.7 Å². The molecule has 25 heavy (non-hydrogen) atoms. The number of nitrogens with zero attached hydrogens (tertiary/aromatic N) is 6. The average molecular weight is 351 g/mol. The standard InChI is InChI=1S/C17H11ClN6O/c18-15-2-1-3-16(21-15)24-13(6-10-20-24)17-14(25)7-11-23(22-17)12-4-8-19-9-5-12/h1-11H. The Balaban J connectivity index is 1.87. The number of pyridine rings is 2. The van der Waals surface area contributed by atoms with Gasteiger partial charge >= 0.3 is 0 Å². The van der Waals surface area contributed by atoms with Crippen LogP contribution in [0.4, 0.5) is 0 Å². The van der Waals surface area contributed by atoms with Crippen molar-refractivity contribution in [2.24, 2.45) is 0 Å². The summed E-state index contributed by atoms with van der Waals surface area (Å²) in [4.78, 5) is 20.6. The zero-order chi connectivity index (χ0) is 17.2. The summed E-state index contributed by atoms with van der Waals surface area (Å²) in [6, 6.07) is 12.0. The Morgan fingerprint density at radius 3 is 2.60 bits per heavy atom. The maximum Gasteiger partial charge on any atom is 0.209 e. The highest BCUT2D eigenvalue weighted by atomic mass is 35.5. The van der Waals surface area contributed by atoms with E-state index in [4.69, 9.17) is 11.6 Å². The van der Waals surface area contributed by atoms with Crippen LogP contribution in [0.3, 0.4) is 0 Å². The van der Waals surface area contributed by atoms with Crippen LogP contribution >= 0.6 is 11.6 Å². The maximum atomic E-state index is 12.4. The van der Waals surface area contributed by atoms with Crippen LogP contribution < -0.4 is 5.43 Å². The maximum absolute atomic E-state index is 12.4. The van der Waals surface area contributed by atoms with Gasteiger partial charge in [-0.1, -0.05) is 17.7 Å². The molecular weight excluding hydrogens is 340 g/mol. The van der Waals surface area contributed by atoms with E-state index in [0.29, 0.717) is 16.7 Å². The largest absolute Gasteiger partial charge is 0.287 e. The second-order valence-corrected chi connectivity index (χ2v) is 5.51. The van der Waals surface area contributed by atoms with Crippen molar-refractivity contribution in [2.75, 3.05) is 0 Å². The van der Waals surface area contributed by atoms with E-state index in [2.05, 4.69) is 20.2 Å². The molecule has 0 bridgehead atoms. The summed E-state index contributed by atoms with van der Waals surface area (Å²) >= 11 is 5.96. The van der Waals surface area contributed by atoms with Crippen molar-refractivity contribution >= 4 is 11.6 Å². The average Bonchev–Trinajstić information content (AvgIpc) is 3.12. The van der Waals surface area contributed by atoms with Gasteiger partial charge in [-0.2, -0.15) is 10.2 Å². The number of hydrogen-bond donors (Lipinski definition) is 0. The number of aromatic nitrogens is 6. The molecule has 0 amide bonds. The second kappa shape index (κ2) is 6.29. The molecule has 0 aromatic carbocycles. The minimum Gasteiger partial charge on any atom is -0.287 e. The molecule has 0 aliphatic carbocycles. The molecule has 4 aromatic rings. The van der Waals surface area contributed by atoms with Crippen molar-refractivity contribution in [3.8, 4) is 22.9 Å². The first-order valence-corrected chi connectivity index (χ1v) is 7.78. The molecule has 8 heteroatoms. The lowest BCUT2D eigenvalue weighted by Gasteiger charge is -2.09. The Morgan fingerprint density at radius 2 is 1.80 bits per heavy atom. The summed E-state index contributed by atoms with van der Waals surface area (Å²) in [6.45, 7) is 0. The first-order chi connectivity index (χ1) is 12.2. The normalized spacial score (nSPS) is 10.8. The van der Waals surface area contributed by atoms with Crippen LogP contribution in [-0.4, -0.2) is 29.5 Å². The van der Waals surface area contributed by atoms with Gasteiger partial charge in [0.2, 0.25) is 5.43 Å².